The van der Waals surface area contributed by atoms with Crippen molar-refractivity contribution in [3.63, 3.8) is 0 Å². The Kier molecular flexibility index (Phi) is 3.92. The molecular formula is C14H17N3O3S. The fourth-order valence-electron chi connectivity index (χ4n) is 2.55. The van der Waals surface area contributed by atoms with Gasteiger partial charge < -0.3 is 9.32 Å². The zero-order valence-electron chi connectivity index (χ0n) is 11.8. The van der Waals surface area contributed by atoms with E-state index < -0.39 is 5.76 Å². The lowest BCUT2D eigenvalue weighted by Crippen LogP contribution is -2.42. The summed E-state index contributed by atoms with van der Waals surface area (Å²) >= 11 is 1.44. The van der Waals surface area contributed by atoms with Crippen LogP contribution < -0.4 is 5.76 Å². The summed E-state index contributed by atoms with van der Waals surface area (Å²) < 4.78 is 6.21. The molecule has 0 bridgehead atoms. The summed E-state index contributed by atoms with van der Waals surface area (Å²) in [5.41, 5.74) is 0. The highest BCUT2D eigenvalue weighted by atomic mass is 32.1. The number of carbonyl (C=O) groups excluding carboxylic acids is 1. The summed E-state index contributed by atoms with van der Waals surface area (Å²) in [4.78, 5) is 26.6. The van der Waals surface area contributed by atoms with Crippen molar-refractivity contribution < 1.29 is 9.21 Å². The molecule has 3 heterocycles. The van der Waals surface area contributed by atoms with E-state index in [2.05, 4.69) is 12.0 Å². The van der Waals surface area contributed by atoms with Crippen molar-refractivity contribution in [3.05, 3.63) is 28.1 Å². The Morgan fingerprint density at radius 3 is 3.14 bits per heavy atom. The third kappa shape index (κ3) is 3.07. The first kappa shape index (κ1) is 14.1. The van der Waals surface area contributed by atoms with Crippen LogP contribution in [0, 0.1) is 5.92 Å². The molecule has 0 aromatic carbocycles. The van der Waals surface area contributed by atoms with Crippen LogP contribution in [-0.4, -0.2) is 33.7 Å². The zero-order chi connectivity index (χ0) is 14.8. The number of nitrogens with zero attached hydrogens (tertiary/aromatic N) is 3. The SMILES string of the molecule is C[C@@H]1CCCN(C(=O)Cn2nc(-c3cccs3)oc2=O)C1. The first-order chi connectivity index (χ1) is 10.1. The van der Waals surface area contributed by atoms with E-state index >= 15 is 0 Å². The number of rotatable bonds is 3. The van der Waals surface area contributed by atoms with Gasteiger partial charge in [-0.3, -0.25) is 4.79 Å². The Hall–Kier alpha value is -1.89. The Morgan fingerprint density at radius 1 is 1.57 bits per heavy atom. The molecule has 2 aromatic heterocycles. The molecule has 2 aromatic rings. The summed E-state index contributed by atoms with van der Waals surface area (Å²) in [5.74, 6) is 0.125. The van der Waals surface area contributed by atoms with E-state index in [-0.39, 0.29) is 18.3 Å². The second kappa shape index (κ2) is 5.85. The van der Waals surface area contributed by atoms with Crippen LogP contribution in [0.2, 0.25) is 0 Å². The smallest absolute Gasteiger partial charge is 0.387 e. The molecule has 3 rings (SSSR count). The van der Waals surface area contributed by atoms with Gasteiger partial charge in [0.1, 0.15) is 6.54 Å². The average molecular weight is 307 g/mol. The maximum atomic E-state index is 12.2. The Labute approximate surface area is 126 Å². The van der Waals surface area contributed by atoms with Crippen LogP contribution in [0.4, 0.5) is 0 Å². The van der Waals surface area contributed by atoms with Gasteiger partial charge in [-0.25, -0.2) is 4.79 Å². The van der Waals surface area contributed by atoms with Gasteiger partial charge in [0.15, 0.2) is 0 Å². The lowest BCUT2D eigenvalue weighted by Gasteiger charge is -2.30. The number of thiophene rings is 1. The van der Waals surface area contributed by atoms with Crippen LogP contribution in [0.5, 0.6) is 0 Å². The van der Waals surface area contributed by atoms with Crippen LogP contribution in [-0.2, 0) is 11.3 Å². The van der Waals surface area contributed by atoms with Gasteiger partial charge in [-0.15, -0.1) is 16.4 Å². The molecule has 0 radical (unpaired) electrons. The van der Waals surface area contributed by atoms with E-state index in [1.165, 1.54) is 11.3 Å². The molecule has 112 valence electrons. The minimum absolute atomic E-state index is 0.0551. The monoisotopic (exact) mass is 307 g/mol. The molecule has 1 atom stereocenters. The van der Waals surface area contributed by atoms with Crippen molar-refractivity contribution in [2.24, 2.45) is 5.92 Å². The molecule has 0 saturated carbocycles. The number of likely N-dealkylation sites (tertiary alicyclic amines) is 1. The fraction of sp³-hybridized carbons (Fsp3) is 0.500. The van der Waals surface area contributed by atoms with Crippen LogP contribution >= 0.6 is 11.3 Å². The van der Waals surface area contributed by atoms with E-state index in [9.17, 15) is 9.59 Å². The predicted octanol–water partition coefficient (Wildman–Crippen LogP) is 1.82. The summed E-state index contributed by atoms with van der Waals surface area (Å²) in [7, 11) is 0. The van der Waals surface area contributed by atoms with Crippen LogP contribution in [0.15, 0.2) is 26.7 Å². The van der Waals surface area contributed by atoms with Crippen LogP contribution in [0.3, 0.4) is 0 Å². The van der Waals surface area contributed by atoms with Crippen molar-refractivity contribution in [2.45, 2.75) is 26.3 Å². The maximum absolute atomic E-state index is 12.2. The summed E-state index contributed by atoms with van der Waals surface area (Å²) in [6.45, 7) is 3.59. The second-order valence-corrected chi connectivity index (χ2v) is 6.34. The number of hydrogen-bond acceptors (Lipinski definition) is 5. The highest BCUT2D eigenvalue weighted by Gasteiger charge is 2.22. The van der Waals surface area contributed by atoms with E-state index in [4.69, 9.17) is 4.42 Å². The quantitative estimate of drug-likeness (QED) is 0.867. The number of carbonyl (C=O) groups is 1. The second-order valence-electron chi connectivity index (χ2n) is 5.40. The van der Waals surface area contributed by atoms with Crippen molar-refractivity contribution in [1.29, 1.82) is 0 Å². The van der Waals surface area contributed by atoms with Gasteiger partial charge in [0.25, 0.3) is 5.89 Å². The lowest BCUT2D eigenvalue weighted by atomic mass is 10.0. The van der Waals surface area contributed by atoms with E-state index in [0.29, 0.717) is 5.92 Å². The molecule has 1 fully saturated rings. The Balaban J connectivity index is 1.73. The van der Waals surface area contributed by atoms with E-state index in [1.807, 2.05) is 17.5 Å². The molecule has 1 saturated heterocycles. The lowest BCUT2D eigenvalue weighted by molar-refractivity contribution is -0.133. The normalized spacial score (nSPS) is 18.9. The molecule has 0 unspecified atom stereocenters. The fourth-order valence-corrected chi connectivity index (χ4v) is 3.19. The van der Waals surface area contributed by atoms with Crippen LogP contribution in [0.1, 0.15) is 19.8 Å². The first-order valence-electron chi connectivity index (χ1n) is 7.03. The summed E-state index contributed by atoms with van der Waals surface area (Å²) in [6.07, 6.45) is 2.16. The topological polar surface area (TPSA) is 68.3 Å². The van der Waals surface area contributed by atoms with Crippen molar-refractivity contribution in [2.75, 3.05) is 13.1 Å². The van der Waals surface area contributed by atoms with Gasteiger partial charge in [0.05, 0.1) is 4.88 Å². The average Bonchev–Trinajstić information content (AvgIpc) is 3.09. The Bertz CT molecular complexity index is 674. The van der Waals surface area contributed by atoms with Crippen LogP contribution in [0.25, 0.3) is 10.8 Å². The van der Waals surface area contributed by atoms with Crippen molar-refractivity contribution in [1.82, 2.24) is 14.7 Å². The number of amides is 1. The third-order valence-corrected chi connectivity index (χ3v) is 4.49. The zero-order valence-corrected chi connectivity index (χ0v) is 12.6. The maximum Gasteiger partial charge on any atom is 0.437 e. The van der Waals surface area contributed by atoms with Gasteiger partial charge in [0, 0.05) is 13.1 Å². The third-order valence-electron chi connectivity index (χ3n) is 3.63. The first-order valence-corrected chi connectivity index (χ1v) is 7.91. The molecule has 1 aliphatic rings. The van der Waals surface area contributed by atoms with Gasteiger partial charge in [0.2, 0.25) is 5.91 Å². The van der Waals surface area contributed by atoms with Crippen molar-refractivity contribution in [3.8, 4) is 10.8 Å². The Morgan fingerprint density at radius 2 is 2.43 bits per heavy atom. The standard InChI is InChI=1S/C14H17N3O3S/c1-10-4-2-6-16(8-10)12(18)9-17-14(19)20-13(15-17)11-5-3-7-21-11/h3,5,7,10H,2,4,6,8-9H2,1H3/t10-/m1/s1. The molecule has 1 aliphatic heterocycles. The largest absolute Gasteiger partial charge is 0.437 e. The number of piperidine rings is 1. The minimum Gasteiger partial charge on any atom is -0.387 e. The van der Waals surface area contributed by atoms with E-state index in [1.54, 1.807) is 4.90 Å². The molecular weight excluding hydrogens is 290 g/mol. The highest BCUT2D eigenvalue weighted by molar-refractivity contribution is 7.13. The molecule has 1 amide bonds. The van der Waals surface area contributed by atoms with E-state index in [0.717, 1.165) is 35.5 Å². The number of aromatic nitrogens is 2. The van der Waals surface area contributed by atoms with Gasteiger partial charge in [-0.05, 0) is 30.2 Å². The minimum atomic E-state index is -0.586. The van der Waals surface area contributed by atoms with Gasteiger partial charge >= 0.3 is 5.76 Å². The molecule has 6 nitrogen and oxygen atoms in total. The van der Waals surface area contributed by atoms with Crippen molar-refractivity contribution >= 4 is 17.2 Å². The molecule has 0 aliphatic carbocycles. The predicted molar refractivity (Wildman–Crippen MR) is 79.1 cm³/mol. The number of hydrogen-bond donors (Lipinski definition) is 0. The summed E-state index contributed by atoms with van der Waals surface area (Å²) in [5, 5.41) is 5.99. The highest BCUT2D eigenvalue weighted by Crippen LogP contribution is 2.21. The molecule has 21 heavy (non-hydrogen) atoms. The van der Waals surface area contributed by atoms with Gasteiger partial charge in [-0.2, -0.15) is 4.68 Å². The molecule has 0 spiro atoms. The molecule has 0 N–H and O–H groups in total. The van der Waals surface area contributed by atoms with Gasteiger partial charge in [-0.1, -0.05) is 13.0 Å². The summed E-state index contributed by atoms with van der Waals surface area (Å²) in [6, 6.07) is 3.69. The molecule has 7 heteroatoms.